The summed E-state index contributed by atoms with van der Waals surface area (Å²) in [4.78, 5) is 19.3. The zero-order chi connectivity index (χ0) is 13.5. The Morgan fingerprint density at radius 2 is 1.68 bits per heavy atom. The highest BCUT2D eigenvalue weighted by atomic mass is 16.1. The fourth-order valence-corrected chi connectivity index (χ4v) is 1.69. The van der Waals surface area contributed by atoms with Gasteiger partial charge >= 0.3 is 0 Å². The predicted octanol–water partition coefficient (Wildman–Crippen LogP) is 1.13. The molecule has 2 aromatic rings. The van der Waals surface area contributed by atoms with Gasteiger partial charge in [0.25, 0.3) is 5.91 Å². The molecule has 1 aromatic heterocycles. The Balaban J connectivity index is 1.85. The Kier molecular flexibility index (Phi) is 4.58. The first-order chi connectivity index (χ1) is 9.29. The number of hydrogen-bond donors (Lipinski definition) is 2. The number of nitrogens with one attached hydrogen (secondary N) is 2. The summed E-state index contributed by atoms with van der Waals surface area (Å²) in [6, 6.07) is 7.53. The van der Waals surface area contributed by atoms with E-state index in [2.05, 4.69) is 20.6 Å². The average Bonchev–Trinajstić information content (AvgIpc) is 2.48. The highest BCUT2D eigenvalue weighted by molar-refractivity contribution is 5.93. The predicted molar refractivity (Wildman–Crippen MR) is 72.4 cm³/mol. The van der Waals surface area contributed by atoms with Crippen LogP contribution < -0.4 is 10.6 Å². The van der Waals surface area contributed by atoms with Crippen LogP contribution in [0, 0.1) is 0 Å². The van der Waals surface area contributed by atoms with Crippen LogP contribution in [0.3, 0.4) is 0 Å². The topological polar surface area (TPSA) is 66.9 Å². The van der Waals surface area contributed by atoms with Gasteiger partial charge in [0.2, 0.25) is 0 Å². The number of hydrogen-bond acceptors (Lipinski definition) is 4. The van der Waals surface area contributed by atoms with E-state index in [1.807, 2.05) is 24.3 Å². The second kappa shape index (κ2) is 6.61. The fraction of sp³-hybridized carbons (Fsp3) is 0.214. The molecule has 0 saturated carbocycles. The summed E-state index contributed by atoms with van der Waals surface area (Å²) in [6.07, 6.45) is 5.09. The van der Waals surface area contributed by atoms with E-state index in [0.29, 0.717) is 5.56 Å². The highest BCUT2D eigenvalue weighted by Gasteiger charge is 2.02. The lowest BCUT2D eigenvalue weighted by atomic mass is 10.1. The molecule has 19 heavy (non-hydrogen) atoms. The van der Waals surface area contributed by atoms with E-state index in [1.54, 1.807) is 19.4 Å². The quantitative estimate of drug-likeness (QED) is 0.841. The van der Waals surface area contributed by atoms with Crippen molar-refractivity contribution in [3.05, 3.63) is 59.7 Å². The van der Waals surface area contributed by atoms with E-state index in [4.69, 9.17) is 0 Å². The maximum Gasteiger partial charge on any atom is 0.251 e. The molecule has 0 atom stereocenters. The molecule has 1 heterocycles. The van der Waals surface area contributed by atoms with Crippen molar-refractivity contribution >= 4 is 5.91 Å². The lowest BCUT2D eigenvalue weighted by molar-refractivity contribution is 0.0963. The molecule has 0 aliphatic carbocycles. The normalized spacial score (nSPS) is 10.2. The van der Waals surface area contributed by atoms with E-state index in [9.17, 15) is 4.79 Å². The number of nitrogens with zero attached hydrogens (tertiary/aromatic N) is 2. The van der Waals surface area contributed by atoms with Crippen LogP contribution in [0.2, 0.25) is 0 Å². The summed E-state index contributed by atoms with van der Waals surface area (Å²) in [6.45, 7) is 1.46. The zero-order valence-corrected chi connectivity index (χ0v) is 10.8. The average molecular weight is 256 g/mol. The van der Waals surface area contributed by atoms with Crippen LogP contribution in [0.4, 0.5) is 0 Å². The third kappa shape index (κ3) is 3.86. The number of aromatic nitrogens is 2. The molecule has 98 valence electrons. The number of carbonyl (C=O) groups excluding carboxylic acids is 1. The molecule has 0 aliphatic rings. The standard InChI is InChI=1S/C14H16N4O/c1-15-14(19)13-4-2-11(3-5-13)6-16-7-12-8-17-10-18-9-12/h2-5,8-10,16H,6-7H2,1H3,(H,15,19). The molecular weight excluding hydrogens is 240 g/mol. The van der Waals surface area contributed by atoms with E-state index in [-0.39, 0.29) is 5.91 Å². The molecule has 5 nitrogen and oxygen atoms in total. The first-order valence-electron chi connectivity index (χ1n) is 6.05. The molecule has 2 rings (SSSR count). The Labute approximate surface area is 112 Å². The van der Waals surface area contributed by atoms with Crippen molar-refractivity contribution in [3.63, 3.8) is 0 Å². The molecule has 5 heteroatoms. The minimum Gasteiger partial charge on any atom is -0.355 e. The Hall–Kier alpha value is -2.27. The largest absolute Gasteiger partial charge is 0.355 e. The molecule has 2 N–H and O–H groups in total. The minimum atomic E-state index is -0.0686. The van der Waals surface area contributed by atoms with Crippen molar-refractivity contribution in [1.29, 1.82) is 0 Å². The zero-order valence-electron chi connectivity index (χ0n) is 10.8. The van der Waals surface area contributed by atoms with Crippen LogP contribution in [-0.2, 0) is 13.1 Å². The van der Waals surface area contributed by atoms with Crippen LogP contribution in [0.15, 0.2) is 43.0 Å². The van der Waals surface area contributed by atoms with Crippen molar-refractivity contribution in [2.75, 3.05) is 7.05 Å². The summed E-state index contributed by atoms with van der Waals surface area (Å²) >= 11 is 0. The number of rotatable bonds is 5. The maximum atomic E-state index is 11.4. The lowest BCUT2D eigenvalue weighted by Crippen LogP contribution is -2.18. The van der Waals surface area contributed by atoms with Crippen molar-refractivity contribution in [3.8, 4) is 0 Å². The molecule has 0 aliphatic heterocycles. The van der Waals surface area contributed by atoms with E-state index in [1.165, 1.54) is 6.33 Å². The summed E-state index contributed by atoms with van der Waals surface area (Å²) in [7, 11) is 1.62. The molecule has 0 unspecified atom stereocenters. The van der Waals surface area contributed by atoms with Gasteiger partial charge in [-0.1, -0.05) is 12.1 Å². The third-order valence-electron chi connectivity index (χ3n) is 2.72. The van der Waals surface area contributed by atoms with Crippen LogP contribution in [-0.4, -0.2) is 22.9 Å². The molecule has 0 fully saturated rings. The summed E-state index contributed by atoms with van der Waals surface area (Å²) < 4.78 is 0. The number of amides is 1. The van der Waals surface area contributed by atoms with Gasteiger partial charge in [0, 0.05) is 43.7 Å². The fourth-order valence-electron chi connectivity index (χ4n) is 1.69. The smallest absolute Gasteiger partial charge is 0.251 e. The Bertz CT molecular complexity index is 525. The lowest BCUT2D eigenvalue weighted by Gasteiger charge is -2.05. The molecular formula is C14H16N4O. The number of benzene rings is 1. The maximum absolute atomic E-state index is 11.4. The van der Waals surface area contributed by atoms with Gasteiger partial charge in [0.15, 0.2) is 0 Å². The van der Waals surface area contributed by atoms with Gasteiger partial charge in [-0.05, 0) is 17.7 Å². The second-order valence-corrected chi connectivity index (χ2v) is 4.13. The second-order valence-electron chi connectivity index (χ2n) is 4.13. The summed E-state index contributed by atoms with van der Waals surface area (Å²) in [5.74, 6) is -0.0686. The van der Waals surface area contributed by atoms with Gasteiger partial charge in [-0.15, -0.1) is 0 Å². The van der Waals surface area contributed by atoms with Gasteiger partial charge in [0.05, 0.1) is 0 Å². The first-order valence-corrected chi connectivity index (χ1v) is 6.05. The Morgan fingerprint density at radius 1 is 1.05 bits per heavy atom. The molecule has 1 aromatic carbocycles. The van der Waals surface area contributed by atoms with Gasteiger partial charge in [-0.25, -0.2) is 9.97 Å². The molecule has 0 spiro atoms. The highest BCUT2D eigenvalue weighted by Crippen LogP contribution is 2.04. The van der Waals surface area contributed by atoms with E-state index in [0.717, 1.165) is 24.2 Å². The van der Waals surface area contributed by atoms with Crippen molar-refractivity contribution in [1.82, 2.24) is 20.6 Å². The van der Waals surface area contributed by atoms with E-state index < -0.39 is 0 Å². The minimum absolute atomic E-state index is 0.0686. The van der Waals surface area contributed by atoms with Crippen molar-refractivity contribution < 1.29 is 4.79 Å². The monoisotopic (exact) mass is 256 g/mol. The van der Waals surface area contributed by atoms with Crippen LogP contribution >= 0.6 is 0 Å². The van der Waals surface area contributed by atoms with Gasteiger partial charge < -0.3 is 10.6 Å². The summed E-state index contributed by atoms with van der Waals surface area (Å²) in [5.41, 5.74) is 2.84. The Morgan fingerprint density at radius 3 is 2.32 bits per heavy atom. The van der Waals surface area contributed by atoms with E-state index >= 15 is 0 Å². The van der Waals surface area contributed by atoms with Crippen LogP contribution in [0.5, 0.6) is 0 Å². The third-order valence-corrected chi connectivity index (χ3v) is 2.72. The van der Waals surface area contributed by atoms with Gasteiger partial charge in [-0.2, -0.15) is 0 Å². The van der Waals surface area contributed by atoms with Gasteiger partial charge in [0.1, 0.15) is 6.33 Å². The van der Waals surface area contributed by atoms with Crippen LogP contribution in [0.25, 0.3) is 0 Å². The van der Waals surface area contributed by atoms with Crippen molar-refractivity contribution in [2.45, 2.75) is 13.1 Å². The first kappa shape index (κ1) is 13.2. The summed E-state index contributed by atoms with van der Waals surface area (Å²) in [5, 5.41) is 5.90. The molecule has 1 amide bonds. The van der Waals surface area contributed by atoms with Crippen molar-refractivity contribution in [2.24, 2.45) is 0 Å². The van der Waals surface area contributed by atoms with Crippen LogP contribution in [0.1, 0.15) is 21.5 Å². The SMILES string of the molecule is CNC(=O)c1ccc(CNCc2cncnc2)cc1. The molecule has 0 bridgehead atoms. The molecule has 0 saturated heterocycles. The number of carbonyl (C=O) groups is 1. The molecule has 0 radical (unpaired) electrons. The van der Waals surface area contributed by atoms with Gasteiger partial charge in [-0.3, -0.25) is 4.79 Å².